The van der Waals surface area contributed by atoms with Gasteiger partial charge in [-0.2, -0.15) is 0 Å². The average molecular weight is 275 g/mol. The molecule has 1 saturated carbocycles. The maximum atomic E-state index is 11.0. The first-order valence-electron chi connectivity index (χ1n) is 7.94. The summed E-state index contributed by atoms with van der Waals surface area (Å²) >= 11 is 0. The van der Waals surface area contributed by atoms with Crippen LogP contribution in [0.25, 0.3) is 0 Å². The van der Waals surface area contributed by atoms with Gasteiger partial charge in [0.2, 0.25) is 0 Å². The van der Waals surface area contributed by atoms with Crippen LogP contribution in [0, 0.1) is 5.92 Å². The van der Waals surface area contributed by atoms with Gasteiger partial charge in [0, 0.05) is 0 Å². The SMILES string of the molecule is CCc1cccc(C(O)C2(N(C)C)CCC(C)CC2)c1. The van der Waals surface area contributed by atoms with Crippen molar-refractivity contribution in [2.75, 3.05) is 14.1 Å². The zero-order valence-electron chi connectivity index (χ0n) is 13.4. The van der Waals surface area contributed by atoms with Crippen molar-refractivity contribution in [1.29, 1.82) is 0 Å². The highest BCUT2D eigenvalue weighted by molar-refractivity contribution is 5.28. The van der Waals surface area contributed by atoms with Crippen LogP contribution in [0.3, 0.4) is 0 Å². The fourth-order valence-electron chi connectivity index (χ4n) is 3.52. The first kappa shape index (κ1) is 15.5. The summed E-state index contributed by atoms with van der Waals surface area (Å²) in [5.41, 5.74) is 2.28. The minimum atomic E-state index is -0.392. The molecule has 112 valence electrons. The molecule has 1 aliphatic carbocycles. The van der Waals surface area contributed by atoms with Crippen LogP contribution in [-0.2, 0) is 6.42 Å². The summed E-state index contributed by atoms with van der Waals surface area (Å²) in [6.45, 7) is 4.49. The van der Waals surface area contributed by atoms with E-state index in [2.05, 4.69) is 57.1 Å². The average Bonchev–Trinajstić information content (AvgIpc) is 2.47. The monoisotopic (exact) mass is 275 g/mol. The van der Waals surface area contributed by atoms with Gasteiger partial charge in [-0.3, -0.25) is 0 Å². The van der Waals surface area contributed by atoms with Gasteiger partial charge in [-0.15, -0.1) is 0 Å². The number of aryl methyl sites for hydroxylation is 1. The van der Waals surface area contributed by atoms with Crippen LogP contribution in [0.5, 0.6) is 0 Å². The smallest absolute Gasteiger partial charge is 0.0973 e. The molecule has 20 heavy (non-hydrogen) atoms. The summed E-state index contributed by atoms with van der Waals surface area (Å²) < 4.78 is 0. The summed E-state index contributed by atoms with van der Waals surface area (Å²) in [5, 5.41) is 11.0. The molecule has 1 atom stereocenters. The maximum Gasteiger partial charge on any atom is 0.0973 e. The van der Waals surface area contributed by atoms with Crippen molar-refractivity contribution < 1.29 is 5.11 Å². The Balaban J connectivity index is 2.29. The quantitative estimate of drug-likeness (QED) is 0.903. The second-order valence-electron chi connectivity index (χ2n) is 6.68. The lowest BCUT2D eigenvalue weighted by Gasteiger charge is -2.48. The van der Waals surface area contributed by atoms with Crippen molar-refractivity contribution in [3.05, 3.63) is 35.4 Å². The number of nitrogens with zero attached hydrogens (tertiary/aromatic N) is 1. The van der Waals surface area contributed by atoms with Gasteiger partial charge in [0.1, 0.15) is 0 Å². The van der Waals surface area contributed by atoms with Crippen LogP contribution in [0.4, 0.5) is 0 Å². The molecular weight excluding hydrogens is 246 g/mol. The fraction of sp³-hybridized carbons (Fsp3) is 0.667. The van der Waals surface area contributed by atoms with Gasteiger partial charge >= 0.3 is 0 Å². The van der Waals surface area contributed by atoms with Gasteiger partial charge in [0.05, 0.1) is 11.6 Å². The molecule has 1 aliphatic rings. The highest BCUT2D eigenvalue weighted by atomic mass is 16.3. The molecule has 0 spiro atoms. The molecule has 2 heteroatoms. The van der Waals surface area contributed by atoms with Crippen LogP contribution in [0.2, 0.25) is 0 Å². The topological polar surface area (TPSA) is 23.5 Å². The van der Waals surface area contributed by atoms with E-state index in [1.807, 2.05) is 0 Å². The number of benzene rings is 1. The molecule has 0 radical (unpaired) electrons. The van der Waals surface area contributed by atoms with Crippen LogP contribution in [0.1, 0.15) is 56.8 Å². The summed E-state index contributed by atoms with van der Waals surface area (Å²) in [6, 6.07) is 8.47. The summed E-state index contributed by atoms with van der Waals surface area (Å²) in [4.78, 5) is 2.25. The lowest BCUT2D eigenvalue weighted by molar-refractivity contribution is -0.0408. The molecule has 0 aromatic heterocycles. The van der Waals surface area contributed by atoms with Gasteiger partial charge in [0.15, 0.2) is 0 Å². The van der Waals surface area contributed by atoms with Gasteiger partial charge in [-0.05, 0) is 63.2 Å². The first-order valence-corrected chi connectivity index (χ1v) is 7.94. The van der Waals surface area contributed by atoms with E-state index in [9.17, 15) is 5.11 Å². The molecule has 0 bridgehead atoms. The van der Waals surface area contributed by atoms with Crippen molar-refractivity contribution in [1.82, 2.24) is 4.90 Å². The third-order valence-corrected chi connectivity index (χ3v) is 5.21. The Kier molecular flexibility index (Phi) is 4.87. The van der Waals surface area contributed by atoms with Crippen LogP contribution in [-0.4, -0.2) is 29.6 Å². The molecule has 1 unspecified atom stereocenters. The van der Waals surface area contributed by atoms with E-state index in [-0.39, 0.29) is 5.54 Å². The van der Waals surface area contributed by atoms with Crippen LogP contribution >= 0.6 is 0 Å². The summed E-state index contributed by atoms with van der Waals surface area (Å²) in [6.07, 6.45) is 5.21. The predicted octanol–water partition coefficient (Wildman–Crippen LogP) is 3.79. The lowest BCUT2D eigenvalue weighted by Crippen LogP contribution is -2.51. The molecule has 0 heterocycles. The molecule has 0 saturated heterocycles. The number of rotatable bonds is 4. The van der Waals surface area contributed by atoms with Crippen molar-refractivity contribution in [3.63, 3.8) is 0 Å². The first-order chi connectivity index (χ1) is 9.49. The van der Waals surface area contributed by atoms with Crippen molar-refractivity contribution in [2.24, 2.45) is 5.92 Å². The summed E-state index contributed by atoms with van der Waals surface area (Å²) in [7, 11) is 4.23. The Morgan fingerprint density at radius 1 is 1.30 bits per heavy atom. The lowest BCUT2D eigenvalue weighted by atomic mass is 9.71. The molecule has 1 fully saturated rings. The Labute approximate surface area is 123 Å². The number of hydrogen-bond donors (Lipinski definition) is 1. The number of aliphatic hydroxyl groups excluding tert-OH is 1. The number of hydrogen-bond acceptors (Lipinski definition) is 2. The van der Waals surface area contributed by atoms with Crippen LogP contribution < -0.4 is 0 Å². The predicted molar refractivity (Wildman–Crippen MR) is 84.8 cm³/mol. The third kappa shape index (κ3) is 2.91. The normalized spacial score (nSPS) is 28.6. The van der Waals surface area contributed by atoms with E-state index in [1.54, 1.807) is 0 Å². The molecule has 1 aromatic carbocycles. The Hall–Kier alpha value is -0.860. The van der Waals surface area contributed by atoms with Crippen molar-refractivity contribution in [2.45, 2.75) is 57.6 Å². The minimum Gasteiger partial charge on any atom is -0.386 e. The molecular formula is C18H29NO. The van der Waals surface area contributed by atoms with Gasteiger partial charge in [0.25, 0.3) is 0 Å². The Morgan fingerprint density at radius 2 is 1.95 bits per heavy atom. The van der Waals surface area contributed by atoms with Crippen LogP contribution in [0.15, 0.2) is 24.3 Å². The largest absolute Gasteiger partial charge is 0.386 e. The van der Waals surface area contributed by atoms with Gasteiger partial charge in [-0.25, -0.2) is 0 Å². The van der Waals surface area contributed by atoms with E-state index in [1.165, 1.54) is 18.4 Å². The van der Waals surface area contributed by atoms with Gasteiger partial charge in [-0.1, -0.05) is 38.1 Å². The Bertz CT molecular complexity index is 433. The fourth-order valence-corrected chi connectivity index (χ4v) is 3.52. The zero-order valence-corrected chi connectivity index (χ0v) is 13.4. The number of aliphatic hydroxyl groups is 1. The minimum absolute atomic E-state index is 0.0983. The standard InChI is InChI=1S/C18H29NO/c1-5-15-7-6-8-16(13-15)17(20)18(19(3)4)11-9-14(2)10-12-18/h6-8,13-14,17,20H,5,9-12H2,1-4H3. The molecule has 0 amide bonds. The zero-order chi connectivity index (χ0) is 14.8. The number of likely N-dealkylation sites (N-methyl/N-ethyl adjacent to an activating group) is 1. The second-order valence-corrected chi connectivity index (χ2v) is 6.68. The molecule has 0 aliphatic heterocycles. The molecule has 2 rings (SSSR count). The van der Waals surface area contributed by atoms with E-state index in [0.717, 1.165) is 30.7 Å². The van der Waals surface area contributed by atoms with E-state index >= 15 is 0 Å². The van der Waals surface area contributed by atoms with E-state index in [0.29, 0.717) is 0 Å². The van der Waals surface area contributed by atoms with E-state index < -0.39 is 6.10 Å². The van der Waals surface area contributed by atoms with E-state index in [4.69, 9.17) is 0 Å². The van der Waals surface area contributed by atoms with Gasteiger partial charge < -0.3 is 10.0 Å². The molecule has 2 nitrogen and oxygen atoms in total. The van der Waals surface area contributed by atoms with Crippen molar-refractivity contribution >= 4 is 0 Å². The highest BCUT2D eigenvalue weighted by Crippen LogP contribution is 2.43. The molecule has 1 N–H and O–H groups in total. The summed E-state index contributed by atoms with van der Waals surface area (Å²) in [5.74, 6) is 0.789. The molecule has 1 aromatic rings. The highest BCUT2D eigenvalue weighted by Gasteiger charge is 2.43. The third-order valence-electron chi connectivity index (χ3n) is 5.21. The Morgan fingerprint density at radius 3 is 2.50 bits per heavy atom. The maximum absolute atomic E-state index is 11.0. The second kappa shape index (κ2) is 6.28. The van der Waals surface area contributed by atoms with Crippen molar-refractivity contribution in [3.8, 4) is 0 Å².